The molecular weight excluding hydrogens is 600 g/mol. The van der Waals surface area contributed by atoms with Gasteiger partial charge in [0.2, 0.25) is 5.91 Å². The van der Waals surface area contributed by atoms with Crippen LogP contribution in [0, 0.1) is 5.92 Å². The second-order valence-electron chi connectivity index (χ2n) is 13.2. The van der Waals surface area contributed by atoms with Crippen LogP contribution in [-0.4, -0.2) is 94.2 Å². The number of alkyl halides is 1. The summed E-state index contributed by atoms with van der Waals surface area (Å²) in [6, 6.07) is -1.00. The highest BCUT2D eigenvalue weighted by Gasteiger charge is 2.50. The van der Waals surface area contributed by atoms with Gasteiger partial charge in [0.15, 0.2) is 6.10 Å². The highest BCUT2D eigenvalue weighted by atomic mass is 35.5. The van der Waals surface area contributed by atoms with Crippen LogP contribution >= 0.6 is 23.4 Å². The number of ether oxygens (including phenoxy) is 2. The average molecular weight is 663 g/mol. The van der Waals surface area contributed by atoms with E-state index in [4.69, 9.17) is 21.1 Å². The first-order valence-corrected chi connectivity index (χ1v) is 19.2. The Morgan fingerprint density at radius 3 is 2.05 bits per heavy atom. The molecule has 0 aromatic rings. The van der Waals surface area contributed by atoms with Gasteiger partial charge < -0.3 is 25.0 Å². The molecule has 44 heavy (non-hydrogen) atoms. The summed E-state index contributed by atoms with van der Waals surface area (Å²) >= 11 is 7.82. The summed E-state index contributed by atoms with van der Waals surface area (Å²) < 4.78 is 11.9. The zero-order valence-corrected chi connectivity index (χ0v) is 29.8. The fourth-order valence-corrected chi connectivity index (χ4v) is 7.65. The number of aliphatic hydroxyl groups is 2. The average Bonchev–Trinajstić information content (AvgIpc) is 3.36. The van der Waals surface area contributed by atoms with E-state index >= 15 is 0 Å². The predicted octanol–water partition coefficient (Wildman–Crippen LogP) is 6.42. The number of carbonyl (C=O) groups is 2. The second kappa shape index (κ2) is 22.1. The molecule has 8 nitrogen and oxygen atoms in total. The van der Waals surface area contributed by atoms with Gasteiger partial charge in [0, 0.05) is 13.0 Å². The van der Waals surface area contributed by atoms with Crippen LogP contribution in [0.1, 0.15) is 130 Å². The van der Waals surface area contributed by atoms with Gasteiger partial charge >= 0.3 is 5.97 Å². The third-order valence-electron chi connectivity index (χ3n) is 9.36. The molecular formula is C34H63ClN2O6S. The van der Waals surface area contributed by atoms with E-state index < -0.39 is 47.2 Å². The molecule has 2 unspecified atom stereocenters. The van der Waals surface area contributed by atoms with Crippen molar-refractivity contribution in [2.75, 3.05) is 19.8 Å². The molecule has 0 bridgehead atoms. The van der Waals surface area contributed by atoms with Crippen LogP contribution in [-0.2, 0) is 19.1 Å². The quantitative estimate of drug-likeness (QED) is 0.0693. The van der Waals surface area contributed by atoms with Gasteiger partial charge in [0.1, 0.15) is 23.7 Å². The van der Waals surface area contributed by atoms with Crippen LogP contribution in [0.4, 0.5) is 0 Å². The second-order valence-corrected chi connectivity index (χ2v) is 14.8. The minimum Gasteiger partial charge on any atom is -0.456 e. The number of thioether (sulfide) groups is 1. The maximum atomic E-state index is 13.3. The van der Waals surface area contributed by atoms with E-state index in [1.54, 1.807) is 13.2 Å². The first-order chi connectivity index (χ1) is 21.1. The van der Waals surface area contributed by atoms with Crippen molar-refractivity contribution in [1.82, 2.24) is 10.2 Å². The van der Waals surface area contributed by atoms with Crippen LogP contribution < -0.4 is 5.32 Å². The third kappa shape index (κ3) is 13.3. The summed E-state index contributed by atoms with van der Waals surface area (Å²) in [5.74, 6) is -0.0742. The first kappa shape index (κ1) is 39.6. The minimum absolute atomic E-state index is 0.152. The maximum Gasteiger partial charge on any atom is 0.306 e. The topological polar surface area (TPSA) is 108 Å². The van der Waals surface area contributed by atoms with Gasteiger partial charge in [0.25, 0.3) is 0 Å². The van der Waals surface area contributed by atoms with Crippen LogP contribution in [0.25, 0.3) is 0 Å². The van der Waals surface area contributed by atoms with Crippen molar-refractivity contribution >= 4 is 35.2 Å². The summed E-state index contributed by atoms with van der Waals surface area (Å²) in [5, 5.41) is 24.6. The summed E-state index contributed by atoms with van der Waals surface area (Å²) in [6.45, 7) is 7.01. The van der Waals surface area contributed by atoms with Gasteiger partial charge in [-0.05, 0) is 45.4 Å². The Bertz CT molecular complexity index is 806. The van der Waals surface area contributed by atoms with Gasteiger partial charge in [-0.1, -0.05) is 97.3 Å². The molecule has 3 N–H and O–H groups in total. The molecule has 2 fully saturated rings. The lowest BCUT2D eigenvalue weighted by atomic mass is 9.92. The largest absolute Gasteiger partial charge is 0.456 e. The number of hydrogen-bond donors (Lipinski definition) is 3. The van der Waals surface area contributed by atoms with Crippen LogP contribution in [0.15, 0.2) is 0 Å². The number of unbranched alkanes of at least 4 members (excludes halogenated alkanes) is 12. The van der Waals surface area contributed by atoms with E-state index in [0.29, 0.717) is 5.92 Å². The number of halogens is 1. The minimum atomic E-state index is -1.38. The molecule has 0 spiro atoms. The Labute approximate surface area is 277 Å². The lowest BCUT2D eigenvalue weighted by Gasteiger charge is -2.45. The maximum absolute atomic E-state index is 13.3. The number of likely N-dealkylation sites (N-methyl/N-ethyl adjacent to an activating group) is 1. The lowest BCUT2D eigenvalue weighted by Crippen LogP contribution is -2.65. The van der Waals surface area contributed by atoms with Crippen molar-refractivity contribution in [2.24, 2.45) is 5.92 Å². The molecule has 1 amide bonds. The number of likely N-dealkylation sites (tertiary alicyclic amines) is 1. The van der Waals surface area contributed by atoms with E-state index in [2.05, 4.69) is 24.1 Å². The van der Waals surface area contributed by atoms with Crippen molar-refractivity contribution in [3.05, 3.63) is 0 Å². The van der Waals surface area contributed by atoms with Crippen molar-refractivity contribution in [3.8, 4) is 0 Å². The van der Waals surface area contributed by atoms with Gasteiger partial charge in [-0.2, -0.15) is 0 Å². The van der Waals surface area contributed by atoms with E-state index in [1.165, 1.54) is 76.0 Å². The third-order valence-corrected chi connectivity index (χ3v) is 10.5. The fraction of sp³-hybridized carbons (Fsp3) is 0.941. The smallest absolute Gasteiger partial charge is 0.306 e. The molecule has 10 heteroatoms. The number of nitrogens with zero attached hydrogens (tertiary/aromatic N) is 1. The summed E-state index contributed by atoms with van der Waals surface area (Å²) in [6.07, 6.45) is 16.3. The molecule has 2 heterocycles. The Morgan fingerprint density at radius 2 is 1.52 bits per heavy atom. The van der Waals surface area contributed by atoms with Gasteiger partial charge in [-0.3, -0.25) is 14.5 Å². The molecule has 0 aliphatic carbocycles. The van der Waals surface area contributed by atoms with Crippen molar-refractivity contribution in [1.29, 1.82) is 0 Å². The number of nitrogens with one attached hydrogen (secondary N) is 1. The molecule has 0 radical (unpaired) electrons. The number of rotatable bonds is 22. The molecule has 258 valence electrons. The zero-order valence-electron chi connectivity index (χ0n) is 28.2. The normalized spacial score (nSPS) is 29.0. The van der Waals surface area contributed by atoms with Crippen molar-refractivity contribution in [2.45, 2.75) is 177 Å². The molecule has 9 atom stereocenters. The molecule has 0 aromatic carbocycles. The number of aliphatic hydroxyl groups excluding tert-OH is 2. The zero-order chi connectivity index (χ0) is 32.5. The Hall–Kier alpha value is -0.580. The Morgan fingerprint density at radius 1 is 0.955 bits per heavy atom. The standard InChI is InChI=1S/C34H63ClN2O6S/c1-6-8-9-10-11-12-13-14-15-16-17-18-19-21-27(38)42-32-30(40)29(39)31(43-34(32)44-5)28(24(3)35)36-33(41)26-22-25(20-7-2)23-37(26)4/h24-26,28-32,34,39-40H,6-23H2,1-5H3,(H,36,41)/t24?,25-,26-,28?,29-,30+,31-,32-,34-/m1/s1. The van der Waals surface area contributed by atoms with Crippen LogP contribution in [0.2, 0.25) is 0 Å². The summed E-state index contributed by atoms with van der Waals surface area (Å²) in [7, 11) is 1.95. The molecule has 2 saturated heterocycles. The van der Waals surface area contributed by atoms with E-state index in [0.717, 1.165) is 45.1 Å². The van der Waals surface area contributed by atoms with Crippen molar-refractivity contribution in [3.63, 3.8) is 0 Å². The molecule has 2 aliphatic heterocycles. The fourth-order valence-electron chi connectivity index (χ4n) is 6.72. The monoisotopic (exact) mass is 662 g/mol. The Balaban J connectivity index is 1.76. The highest BCUT2D eigenvalue weighted by molar-refractivity contribution is 7.99. The van der Waals surface area contributed by atoms with Crippen LogP contribution in [0.5, 0.6) is 0 Å². The SMILES string of the molecule is CCCCCCCCCCCCCCCC(=O)O[C@@H]1[C@@H](O)[C@@H](O)[C@@H](C(NC(=O)[C@H]2C[C@@H](CCC)CN2C)C(C)Cl)O[C@@H]1SC. The molecule has 2 aliphatic rings. The Kier molecular flexibility index (Phi) is 19.9. The van der Waals surface area contributed by atoms with Gasteiger partial charge in [-0.25, -0.2) is 0 Å². The van der Waals surface area contributed by atoms with Crippen molar-refractivity contribution < 1.29 is 29.3 Å². The summed E-state index contributed by atoms with van der Waals surface area (Å²) in [4.78, 5) is 28.0. The summed E-state index contributed by atoms with van der Waals surface area (Å²) in [5.41, 5.74) is -0.702. The van der Waals surface area contributed by atoms with Gasteiger partial charge in [0.05, 0.1) is 17.5 Å². The lowest BCUT2D eigenvalue weighted by molar-refractivity contribution is -0.218. The van der Waals surface area contributed by atoms with E-state index in [-0.39, 0.29) is 18.4 Å². The highest BCUT2D eigenvalue weighted by Crippen LogP contribution is 2.33. The predicted molar refractivity (Wildman–Crippen MR) is 181 cm³/mol. The van der Waals surface area contributed by atoms with E-state index in [1.807, 2.05) is 7.05 Å². The first-order valence-electron chi connectivity index (χ1n) is 17.5. The van der Waals surface area contributed by atoms with Crippen LogP contribution in [0.3, 0.4) is 0 Å². The number of hydrogen-bond acceptors (Lipinski definition) is 8. The molecule has 0 saturated carbocycles. The molecule has 0 aromatic heterocycles. The van der Waals surface area contributed by atoms with Gasteiger partial charge in [-0.15, -0.1) is 23.4 Å². The number of esters is 1. The molecule has 2 rings (SSSR count). The number of amides is 1. The van der Waals surface area contributed by atoms with E-state index in [9.17, 15) is 19.8 Å². The number of carbonyl (C=O) groups excluding carboxylic acids is 2.